The minimum absolute atomic E-state index is 0.0320. The fraction of sp³-hybridized carbons (Fsp3) is 0.909. The molecule has 2 rings (SSSR count). The Morgan fingerprint density at radius 3 is 2.21 bits per heavy atom. The number of carboxylic acid groups (broad SMARTS) is 1. The normalized spacial score (nSPS) is 31.2. The second-order valence-electron chi connectivity index (χ2n) is 5.20. The zero-order valence-electron chi connectivity index (χ0n) is 10.7. The Hall–Kier alpha value is -0.700. The monoisotopic (exact) mass is 292 g/mol. The Labute approximate surface area is 113 Å². The van der Waals surface area contributed by atoms with Crippen molar-refractivity contribution in [3.05, 3.63) is 0 Å². The van der Waals surface area contributed by atoms with Gasteiger partial charge >= 0.3 is 5.97 Å². The molecule has 2 saturated heterocycles. The second-order valence-corrected chi connectivity index (χ2v) is 7.13. The molecule has 8 heteroatoms. The fourth-order valence-electron chi connectivity index (χ4n) is 2.65. The lowest BCUT2D eigenvalue weighted by atomic mass is 10.0. The first-order valence-corrected chi connectivity index (χ1v) is 7.97. The van der Waals surface area contributed by atoms with Crippen LogP contribution in [0.25, 0.3) is 0 Å². The Kier molecular flexibility index (Phi) is 4.44. The van der Waals surface area contributed by atoms with Crippen molar-refractivity contribution in [2.24, 2.45) is 5.92 Å². The van der Waals surface area contributed by atoms with Gasteiger partial charge in [-0.05, 0) is 25.7 Å². The predicted molar refractivity (Wildman–Crippen MR) is 67.7 cm³/mol. The number of β-amino-alcohol motifs (C(OH)–C–C–N with tert-alkyl or cyclic N) is 1. The average Bonchev–Trinajstić information content (AvgIpc) is 2.39. The minimum Gasteiger partial charge on any atom is -0.481 e. The number of piperidine rings is 2. The number of aliphatic hydroxyl groups is 1. The van der Waals surface area contributed by atoms with Gasteiger partial charge in [0.2, 0.25) is 0 Å². The van der Waals surface area contributed by atoms with Crippen molar-refractivity contribution < 1.29 is 23.4 Å². The lowest BCUT2D eigenvalue weighted by molar-refractivity contribution is -0.142. The topological polar surface area (TPSA) is 98.2 Å². The fourth-order valence-corrected chi connectivity index (χ4v) is 4.42. The highest BCUT2D eigenvalue weighted by molar-refractivity contribution is 7.86. The van der Waals surface area contributed by atoms with E-state index in [1.54, 1.807) is 0 Å². The predicted octanol–water partition coefficient (Wildman–Crippen LogP) is -0.515. The van der Waals surface area contributed by atoms with Gasteiger partial charge in [0.15, 0.2) is 0 Å². The summed E-state index contributed by atoms with van der Waals surface area (Å²) in [6.45, 7) is 0.896. The lowest BCUT2D eigenvalue weighted by Crippen LogP contribution is -2.52. The molecular formula is C11H20N2O5S. The summed E-state index contributed by atoms with van der Waals surface area (Å²) in [5, 5.41) is 18.6. The van der Waals surface area contributed by atoms with Crippen LogP contribution in [0.3, 0.4) is 0 Å². The summed E-state index contributed by atoms with van der Waals surface area (Å²) in [6, 6.07) is 0. The number of rotatable bonds is 3. The first kappa shape index (κ1) is 14.7. The third-order valence-corrected chi connectivity index (χ3v) is 5.71. The van der Waals surface area contributed by atoms with Crippen LogP contribution < -0.4 is 0 Å². The van der Waals surface area contributed by atoms with Gasteiger partial charge in [-0.25, -0.2) is 0 Å². The molecule has 7 nitrogen and oxygen atoms in total. The van der Waals surface area contributed by atoms with Crippen LogP contribution in [0.1, 0.15) is 25.7 Å². The molecule has 0 amide bonds. The molecule has 2 aliphatic rings. The number of carbonyl (C=O) groups is 1. The Bertz CT molecular complexity index is 438. The van der Waals surface area contributed by atoms with E-state index in [4.69, 9.17) is 5.11 Å². The van der Waals surface area contributed by atoms with Crippen LogP contribution in [0.2, 0.25) is 0 Å². The van der Waals surface area contributed by atoms with Crippen molar-refractivity contribution in [2.45, 2.75) is 31.8 Å². The van der Waals surface area contributed by atoms with Crippen LogP contribution in [-0.4, -0.2) is 65.5 Å². The lowest BCUT2D eigenvalue weighted by Gasteiger charge is -2.36. The maximum Gasteiger partial charge on any atom is 0.307 e. The van der Waals surface area contributed by atoms with E-state index in [1.165, 1.54) is 8.61 Å². The summed E-state index contributed by atoms with van der Waals surface area (Å²) in [5.41, 5.74) is 0. The van der Waals surface area contributed by atoms with E-state index in [9.17, 15) is 18.3 Å². The molecule has 0 spiro atoms. The molecule has 2 heterocycles. The molecule has 0 radical (unpaired) electrons. The van der Waals surface area contributed by atoms with Gasteiger partial charge in [-0.2, -0.15) is 17.0 Å². The number of carboxylic acids is 1. The highest BCUT2D eigenvalue weighted by Crippen LogP contribution is 2.23. The van der Waals surface area contributed by atoms with E-state index in [1.807, 2.05) is 0 Å². The van der Waals surface area contributed by atoms with Gasteiger partial charge in [-0.15, -0.1) is 0 Å². The molecule has 19 heavy (non-hydrogen) atoms. The number of hydrogen-bond acceptors (Lipinski definition) is 4. The van der Waals surface area contributed by atoms with E-state index in [2.05, 4.69) is 0 Å². The molecule has 2 aliphatic heterocycles. The average molecular weight is 292 g/mol. The molecule has 2 atom stereocenters. The molecule has 1 unspecified atom stereocenters. The largest absolute Gasteiger partial charge is 0.481 e. The van der Waals surface area contributed by atoms with Crippen molar-refractivity contribution in [3.63, 3.8) is 0 Å². The van der Waals surface area contributed by atoms with Crippen LogP contribution in [-0.2, 0) is 15.0 Å². The Morgan fingerprint density at radius 2 is 1.63 bits per heavy atom. The smallest absolute Gasteiger partial charge is 0.307 e. The Balaban J connectivity index is 2.08. The summed E-state index contributed by atoms with van der Waals surface area (Å²) in [4.78, 5) is 11.0. The summed E-state index contributed by atoms with van der Waals surface area (Å²) in [7, 11) is -3.64. The van der Waals surface area contributed by atoms with Gasteiger partial charge < -0.3 is 10.2 Å². The quantitative estimate of drug-likeness (QED) is 0.729. The molecular weight excluding hydrogens is 272 g/mol. The Morgan fingerprint density at radius 1 is 1.05 bits per heavy atom. The SMILES string of the molecule is O=C(O)C1CCCN(S(=O)(=O)N2CCC[C@H](O)C2)C1. The van der Waals surface area contributed by atoms with E-state index in [0.717, 1.165) is 0 Å². The molecule has 110 valence electrons. The number of aliphatic carboxylic acids is 1. The van der Waals surface area contributed by atoms with Crippen molar-refractivity contribution in [2.75, 3.05) is 26.2 Å². The highest BCUT2D eigenvalue weighted by atomic mass is 32.2. The maximum absolute atomic E-state index is 12.4. The van der Waals surface area contributed by atoms with Crippen LogP contribution in [0, 0.1) is 5.92 Å². The molecule has 0 bridgehead atoms. The van der Waals surface area contributed by atoms with E-state index < -0.39 is 28.2 Å². The highest BCUT2D eigenvalue weighted by Gasteiger charge is 2.37. The van der Waals surface area contributed by atoms with E-state index in [0.29, 0.717) is 38.8 Å². The zero-order valence-corrected chi connectivity index (χ0v) is 11.5. The molecule has 0 aromatic heterocycles. The van der Waals surface area contributed by atoms with Crippen LogP contribution in [0.15, 0.2) is 0 Å². The summed E-state index contributed by atoms with van der Waals surface area (Å²) >= 11 is 0. The molecule has 0 aromatic rings. The molecule has 2 N–H and O–H groups in total. The van der Waals surface area contributed by atoms with Crippen molar-refractivity contribution in [3.8, 4) is 0 Å². The first-order chi connectivity index (χ1) is 8.91. The van der Waals surface area contributed by atoms with Gasteiger partial charge in [-0.3, -0.25) is 4.79 Å². The van der Waals surface area contributed by atoms with Gasteiger partial charge in [0, 0.05) is 26.2 Å². The van der Waals surface area contributed by atoms with Crippen LogP contribution >= 0.6 is 0 Å². The van der Waals surface area contributed by atoms with Gasteiger partial charge in [0.05, 0.1) is 12.0 Å². The maximum atomic E-state index is 12.4. The standard InChI is InChI=1S/C11H20N2O5S/c14-10-4-2-6-13(8-10)19(17,18)12-5-1-3-9(7-12)11(15)16/h9-10,14H,1-8H2,(H,15,16)/t9?,10-/m0/s1. The van der Waals surface area contributed by atoms with E-state index in [-0.39, 0.29) is 13.1 Å². The van der Waals surface area contributed by atoms with Crippen molar-refractivity contribution >= 4 is 16.2 Å². The molecule has 0 saturated carbocycles. The van der Waals surface area contributed by atoms with Gasteiger partial charge in [-0.1, -0.05) is 0 Å². The van der Waals surface area contributed by atoms with Gasteiger partial charge in [0.25, 0.3) is 10.2 Å². The first-order valence-electron chi connectivity index (χ1n) is 6.57. The molecule has 0 aliphatic carbocycles. The number of aliphatic hydroxyl groups excluding tert-OH is 1. The number of hydrogen-bond donors (Lipinski definition) is 2. The molecule has 2 fully saturated rings. The van der Waals surface area contributed by atoms with E-state index >= 15 is 0 Å². The van der Waals surface area contributed by atoms with Gasteiger partial charge in [0.1, 0.15) is 0 Å². The summed E-state index contributed by atoms with van der Waals surface area (Å²) in [5.74, 6) is -1.57. The van der Waals surface area contributed by atoms with Crippen molar-refractivity contribution in [1.29, 1.82) is 0 Å². The number of nitrogens with zero attached hydrogens (tertiary/aromatic N) is 2. The van der Waals surface area contributed by atoms with Crippen LogP contribution in [0.5, 0.6) is 0 Å². The summed E-state index contributed by atoms with van der Waals surface area (Å²) < 4.78 is 27.3. The summed E-state index contributed by atoms with van der Waals surface area (Å²) in [6.07, 6.45) is 1.71. The zero-order chi connectivity index (χ0) is 14.0. The third kappa shape index (κ3) is 3.25. The van der Waals surface area contributed by atoms with Crippen molar-refractivity contribution in [1.82, 2.24) is 8.61 Å². The van der Waals surface area contributed by atoms with Crippen LogP contribution in [0.4, 0.5) is 0 Å². The third-order valence-electron chi connectivity index (χ3n) is 3.75. The molecule has 0 aromatic carbocycles. The second kappa shape index (κ2) is 5.74. The minimum atomic E-state index is -3.64.